The topological polar surface area (TPSA) is 75.0 Å². The number of hydrogen-bond donors (Lipinski definition) is 0. The van der Waals surface area contributed by atoms with Crippen molar-refractivity contribution in [2.75, 3.05) is 14.2 Å². The van der Waals surface area contributed by atoms with Gasteiger partial charge in [-0.2, -0.15) is 0 Å². The van der Waals surface area contributed by atoms with Gasteiger partial charge < -0.3 is 18.6 Å². The molecule has 3 aromatic rings. The van der Waals surface area contributed by atoms with E-state index in [0.717, 1.165) is 5.56 Å². The minimum atomic E-state index is -0.453. The third-order valence-electron chi connectivity index (χ3n) is 4.33. The second-order valence-corrected chi connectivity index (χ2v) is 5.94. The zero-order chi connectivity index (χ0) is 19.6. The largest absolute Gasteiger partial charge is 0.493 e. The molecule has 1 heterocycles. The van der Waals surface area contributed by atoms with Gasteiger partial charge in [-0.3, -0.25) is 4.79 Å². The van der Waals surface area contributed by atoms with Gasteiger partial charge in [0.05, 0.1) is 19.8 Å². The second kappa shape index (κ2) is 7.53. The fourth-order valence-electron chi connectivity index (χ4n) is 2.92. The van der Waals surface area contributed by atoms with Gasteiger partial charge in [-0.25, -0.2) is 4.79 Å². The van der Waals surface area contributed by atoms with Crippen LogP contribution in [0.25, 0.3) is 22.1 Å². The van der Waals surface area contributed by atoms with E-state index in [1.54, 1.807) is 50.4 Å². The first-order valence-corrected chi connectivity index (χ1v) is 8.49. The smallest absolute Gasteiger partial charge is 0.344 e. The summed E-state index contributed by atoms with van der Waals surface area (Å²) in [4.78, 5) is 24.1. The molecule has 6 heteroatoms. The molecule has 0 N–H and O–H groups in total. The molecule has 0 unspecified atom stereocenters. The maximum absolute atomic E-state index is 12.6. The van der Waals surface area contributed by atoms with Crippen molar-refractivity contribution >= 4 is 16.9 Å². The van der Waals surface area contributed by atoms with E-state index in [9.17, 15) is 9.59 Å². The monoisotopic (exact) mass is 368 g/mol. The highest BCUT2D eigenvalue weighted by molar-refractivity contribution is 5.88. The normalized spacial score (nSPS) is 10.7. The lowest BCUT2D eigenvalue weighted by Crippen LogP contribution is -2.08. The summed E-state index contributed by atoms with van der Waals surface area (Å²) in [5, 5.41) is 0.695. The van der Waals surface area contributed by atoms with Gasteiger partial charge in [0.15, 0.2) is 11.5 Å². The fraction of sp³-hybridized carbons (Fsp3) is 0.238. The maximum Gasteiger partial charge on any atom is 0.344 e. The first kappa shape index (κ1) is 18.5. The van der Waals surface area contributed by atoms with E-state index < -0.39 is 5.63 Å². The Balaban J connectivity index is 2.18. The molecule has 0 radical (unpaired) electrons. The summed E-state index contributed by atoms with van der Waals surface area (Å²) < 4.78 is 21.3. The number of carbonyl (C=O) groups excluding carboxylic acids is 1. The number of methoxy groups -OCH3 is 2. The van der Waals surface area contributed by atoms with Gasteiger partial charge in [-0.05, 0) is 48.4 Å². The van der Waals surface area contributed by atoms with Crippen LogP contribution >= 0.6 is 0 Å². The standard InChI is InChI=1S/C21H20O6/c1-5-19(22)26-14-7-9-16-15(11-14)12(2)20(21(23)27-16)13-6-8-17(24-3)18(10-13)25-4/h6-11H,5H2,1-4H3. The molecule has 140 valence electrons. The molecule has 0 aliphatic heterocycles. The number of benzene rings is 2. The third kappa shape index (κ3) is 3.51. The van der Waals surface area contributed by atoms with Crippen LogP contribution in [0.5, 0.6) is 17.2 Å². The molecule has 0 amide bonds. The van der Waals surface area contributed by atoms with Gasteiger partial charge in [0.2, 0.25) is 0 Å². The number of hydrogen-bond acceptors (Lipinski definition) is 6. The molecule has 1 aromatic heterocycles. The summed E-state index contributed by atoms with van der Waals surface area (Å²) in [7, 11) is 3.08. The number of rotatable bonds is 5. The molecule has 27 heavy (non-hydrogen) atoms. The van der Waals surface area contributed by atoms with Crippen LogP contribution in [0.3, 0.4) is 0 Å². The lowest BCUT2D eigenvalue weighted by Gasteiger charge is -2.12. The number of ether oxygens (including phenoxy) is 3. The van der Waals surface area contributed by atoms with E-state index in [1.807, 2.05) is 6.92 Å². The van der Waals surface area contributed by atoms with Crippen LogP contribution in [0.2, 0.25) is 0 Å². The fourth-order valence-corrected chi connectivity index (χ4v) is 2.92. The molecule has 0 fully saturated rings. The van der Waals surface area contributed by atoms with Crippen LogP contribution in [0, 0.1) is 6.92 Å². The van der Waals surface area contributed by atoms with Crippen molar-refractivity contribution in [2.24, 2.45) is 0 Å². The Labute approximate surface area is 156 Å². The summed E-state index contributed by atoms with van der Waals surface area (Å²) in [5.74, 6) is 1.16. The van der Waals surface area contributed by atoms with Crippen LogP contribution in [0.1, 0.15) is 18.9 Å². The Hall–Kier alpha value is -3.28. The molecule has 0 saturated carbocycles. The SMILES string of the molecule is CCC(=O)Oc1ccc2oc(=O)c(-c3ccc(OC)c(OC)c3)c(C)c2c1. The Morgan fingerprint density at radius 1 is 1.04 bits per heavy atom. The van der Waals surface area contributed by atoms with Crippen molar-refractivity contribution in [3.8, 4) is 28.4 Å². The van der Waals surface area contributed by atoms with Crippen LogP contribution in [-0.4, -0.2) is 20.2 Å². The minimum Gasteiger partial charge on any atom is -0.493 e. The summed E-state index contributed by atoms with van der Waals surface area (Å²) in [5.41, 5.74) is 1.77. The summed E-state index contributed by atoms with van der Waals surface area (Å²) in [6, 6.07) is 10.2. The Bertz CT molecular complexity index is 1060. The molecular weight excluding hydrogens is 348 g/mol. The molecular formula is C21H20O6. The van der Waals surface area contributed by atoms with Crippen molar-refractivity contribution in [1.29, 1.82) is 0 Å². The predicted molar refractivity (Wildman–Crippen MR) is 102 cm³/mol. The van der Waals surface area contributed by atoms with Gasteiger partial charge in [0, 0.05) is 11.8 Å². The van der Waals surface area contributed by atoms with E-state index in [0.29, 0.717) is 39.3 Å². The minimum absolute atomic E-state index is 0.276. The van der Waals surface area contributed by atoms with Gasteiger partial charge in [-0.1, -0.05) is 13.0 Å². The van der Waals surface area contributed by atoms with Crippen molar-refractivity contribution in [2.45, 2.75) is 20.3 Å². The lowest BCUT2D eigenvalue weighted by molar-refractivity contribution is -0.134. The number of carbonyl (C=O) groups is 1. The van der Waals surface area contributed by atoms with E-state index >= 15 is 0 Å². The molecule has 0 atom stereocenters. The van der Waals surface area contributed by atoms with Gasteiger partial charge >= 0.3 is 11.6 Å². The third-order valence-corrected chi connectivity index (χ3v) is 4.33. The van der Waals surface area contributed by atoms with Crippen LogP contribution in [-0.2, 0) is 4.79 Å². The van der Waals surface area contributed by atoms with Crippen LogP contribution in [0.4, 0.5) is 0 Å². The highest BCUT2D eigenvalue weighted by atomic mass is 16.5. The van der Waals surface area contributed by atoms with Gasteiger partial charge in [-0.15, -0.1) is 0 Å². The molecule has 0 spiro atoms. The van der Waals surface area contributed by atoms with E-state index in [2.05, 4.69) is 0 Å². The Kier molecular flexibility index (Phi) is 5.16. The van der Waals surface area contributed by atoms with Crippen LogP contribution < -0.4 is 19.8 Å². The lowest BCUT2D eigenvalue weighted by atomic mass is 9.99. The quantitative estimate of drug-likeness (QED) is 0.383. The van der Waals surface area contributed by atoms with E-state index in [4.69, 9.17) is 18.6 Å². The summed E-state index contributed by atoms with van der Waals surface area (Å²) >= 11 is 0. The zero-order valence-electron chi connectivity index (χ0n) is 15.6. The zero-order valence-corrected chi connectivity index (χ0v) is 15.6. The maximum atomic E-state index is 12.6. The van der Waals surface area contributed by atoms with Crippen molar-refractivity contribution in [1.82, 2.24) is 0 Å². The predicted octanol–water partition coefficient (Wildman–Crippen LogP) is 4.10. The van der Waals surface area contributed by atoms with E-state index in [-0.39, 0.29) is 12.4 Å². The van der Waals surface area contributed by atoms with Crippen molar-refractivity contribution in [3.05, 3.63) is 52.4 Å². The average molecular weight is 368 g/mol. The molecule has 0 aliphatic rings. The summed E-state index contributed by atoms with van der Waals surface area (Å²) in [6.07, 6.45) is 0.276. The molecule has 6 nitrogen and oxygen atoms in total. The second-order valence-electron chi connectivity index (χ2n) is 5.94. The molecule has 0 bridgehead atoms. The Morgan fingerprint density at radius 2 is 1.78 bits per heavy atom. The number of esters is 1. The van der Waals surface area contributed by atoms with Crippen molar-refractivity contribution in [3.63, 3.8) is 0 Å². The highest BCUT2D eigenvalue weighted by Gasteiger charge is 2.16. The first-order valence-electron chi connectivity index (χ1n) is 8.49. The first-order chi connectivity index (χ1) is 13.0. The molecule has 2 aromatic carbocycles. The average Bonchev–Trinajstić information content (AvgIpc) is 2.68. The number of aryl methyl sites for hydroxylation is 1. The van der Waals surface area contributed by atoms with E-state index in [1.165, 1.54) is 7.11 Å². The highest BCUT2D eigenvalue weighted by Crippen LogP contribution is 2.34. The van der Waals surface area contributed by atoms with Gasteiger partial charge in [0.25, 0.3) is 0 Å². The molecule has 0 saturated heterocycles. The molecule has 3 rings (SSSR count). The Morgan fingerprint density at radius 3 is 2.44 bits per heavy atom. The van der Waals surface area contributed by atoms with Gasteiger partial charge in [0.1, 0.15) is 11.3 Å². The van der Waals surface area contributed by atoms with Crippen LogP contribution in [0.15, 0.2) is 45.6 Å². The number of fused-ring (bicyclic) bond motifs is 1. The van der Waals surface area contributed by atoms with Crippen molar-refractivity contribution < 1.29 is 23.4 Å². The molecule has 0 aliphatic carbocycles. The summed E-state index contributed by atoms with van der Waals surface area (Å²) in [6.45, 7) is 3.56.